The molecule has 0 radical (unpaired) electrons. The van der Waals surface area contributed by atoms with Crippen LogP contribution in [0.2, 0.25) is 0 Å². The van der Waals surface area contributed by atoms with E-state index in [4.69, 9.17) is 4.74 Å². The van der Waals surface area contributed by atoms with Crippen molar-refractivity contribution >= 4 is 10.2 Å². The van der Waals surface area contributed by atoms with E-state index in [2.05, 4.69) is 31.2 Å². The molecule has 1 unspecified atom stereocenters. The molecule has 2 heteroatoms. The molecule has 1 aromatic carbocycles. The lowest BCUT2D eigenvalue weighted by Crippen LogP contribution is -2.33. The predicted octanol–water partition coefficient (Wildman–Crippen LogP) is 4.31. The van der Waals surface area contributed by atoms with E-state index in [-0.39, 0.29) is 5.22 Å². The standard InChI is InChI=1S/C19H32OSi/c1-2-3-4-5-6-7-10-17-11-13-18(14-12-17)19(21)15-8-9-16-20-19/h11-14H,2-10,15-16H2,1,21H3. The first-order valence-corrected chi connectivity index (χ1v) is 9.98. The van der Waals surface area contributed by atoms with Crippen LogP contribution in [0.3, 0.4) is 0 Å². The van der Waals surface area contributed by atoms with E-state index >= 15 is 0 Å². The maximum atomic E-state index is 6.09. The average Bonchev–Trinajstić information content (AvgIpc) is 2.52. The van der Waals surface area contributed by atoms with Gasteiger partial charge in [-0.3, -0.25) is 0 Å². The van der Waals surface area contributed by atoms with Gasteiger partial charge in [-0.25, -0.2) is 0 Å². The molecule has 1 aliphatic rings. The van der Waals surface area contributed by atoms with Crippen LogP contribution in [0.4, 0.5) is 0 Å². The third-order valence-electron chi connectivity index (χ3n) is 4.85. The number of ether oxygens (including phenoxy) is 1. The molecule has 0 aromatic heterocycles. The van der Waals surface area contributed by atoms with Crippen molar-refractivity contribution in [3.8, 4) is 0 Å². The molecule has 1 saturated heterocycles. The fourth-order valence-electron chi connectivity index (χ4n) is 3.30. The minimum atomic E-state index is 0.0942. The average molecular weight is 305 g/mol. The Labute approximate surface area is 133 Å². The van der Waals surface area contributed by atoms with Gasteiger partial charge < -0.3 is 4.74 Å². The minimum absolute atomic E-state index is 0.0942. The Morgan fingerprint density at radius 1 is 1.00 bits per heavy atom. The zero-order valence-corrected chi connectivity index (χ0v) is 16.0. The van der Waals surface area contributed by atoms with Crippen LogP contribution in [0.5, 0.6) is 0 Å². The monoisotopic (exact) mass is 304 g/mol. The largest absolute Gasteiger partial charge is 0.375 e. The lowest BCUT2D eigenvalue weighted by Gasteiger charge is -2.34. The van der Waals surface area contributed by atoms with Gasteiger partial charge in [-0.15, -0.1) is 0 Å². The highest BCUT2D eigenvalue weighted by molar-refractivity contribution is 6.14. The third kappa shape index (κ3) is 5.26. The summed E-state index contributed by atoms with van der Waals surface area (Å²) < 4.78 is 6.09. The van der Waals surface area contributed by atoms with Crippen LogP contribution in [0.1, 0.15) is 75.8 Å². The Morgan fingerprint density at radius 3 is 2.38 bits per heavy atom. The Bertz CT molecular complexity index is 393. The second-order valence-corrected chi connectivity index (χ2v) is 8.37. The highest BCUT2D eigenvalue weighted by Gasteiger charge is 2.29. The second-order valence-electron chi connectivity index (χ2n) is 6.75. The summed E-state index contributed by atoms with van der Waals surface area (Å²) in [6.07, 6.45) is 13.3. The van der Waals surface area contributed by atoms with Crippen LogP contribution in [0, 0.1) is 0 Å². The maximum absolute atomic E-state index is 6.09. The number of hydrogen-bond acceptors (Lipinski definition) is 1. The van der Waals surface area contributed by atoms with Gasteiger partial charge in [0.2, 0.25) is 0 Å². The molecule has 0 aliphatic carbocycles. The van der Waals surface area contributed by atoms with E-state index in [0.717, 1.165) is 16.8 Å². The molecule has 0 spiro atoms. The molecule has 1 heterocycles. The van der Waals surface area contributed by atoms with Crippen molar-refractivity contribution in [3.05, 3.63) is 35.4 Å². The summed E-state index contributed by atoms with van der Waals surface area (Å²) >= 11 is 0. The maximum Gasteiger partial charge on any atom is 0.0723 e. The van der Waals surface area contributed by atoms with Crippen molar-refractivity contribution < 1.29 is 4.74 Å². The zero-order valence-electron chi connectivity index (χ0n) is 14.0. The molecule has 1 aliphatic heterocycles. The normalized spacial score (nSPS) is 22.5. The molecule has 0 amide bonds. The fourth-order valence-corrected chi connectivity index (χ4v) is 4.19. The van der Waals surface area contributed by atoms with Crippen molar-refractivity contribution in [2.45, 2.75) is 76.4 Å². The van der Waals surface area contributed by atoms with E-state index < -0.39 is 0 Å². The molecule has 1 aromatic rings. The van der Waals surface area contributed by atoms with Crippen molar-refractivity contribution in [2.75, 3.05) is 6.61 Å². The van der Waals surface area contributed by atoms with Crippen LogP contribution in [-0.2, 0) is 16.4 Å². The van der Waals surface area contributed by atoms with Gasteiger partial charge in [-0.1, -0.05) is 63.3 Å². The predicted molar refractivity (Wildman–Crippen MR) is 94.9 cm³/mol. The third-order valence-corrected chi connectivity index (χ3v) is 6.22. The number of unbranched alkanes of at least 4 members (excludes halogenated alkanes) is 5. The van der Waals surface area contributed by atoms with E-state index in [1.165, 1.54) is 75.3 Å². The topological polar surface area (TPSA) is 9.23 Å². The highest BCUT2D eigenvalue weighted by Crippen LogP contribution is 2.32. The first-order valence-electron chi connectivity index (χ1n) is 8.98. The summed E-state index contributed by atoms with van der Waals surface area (Å²) in [5.41, 5.74) is 2.91. The molecule has 2 rings (SSSR count). The Morgan fingerprint density at radius 2 is 1.71 bits per heavy atom. The minimum Gasteiger partial charge on any atom is -0.375 e. The summed E-state index contributed by atoms with van der Waals surface area (Å²) in [6.45, 7) is 3.23. The first-order chi connectivity index (χ1) is 10.2. The summed E-state index contributed by atoms with van der Waals surface area (Å²) in [6, 6.07) is 9.31. The molecular weight excluding hydrogens is 272 g/mol. The molecule has 118 valence electrons. The number of benzene rings is 1. The molecule has 1 atom stereocenters. The second kappa shape index (κ2) is 8.75. The van der Waals surface area contributed by atoms with Crippen molar-refractivity contribution in [1.29, 1.82) is 0 Å². The van der Waals surface area contributed by atoms with Crippen molar-refractivity contribution in [2.24, 2.45) is 0 Å². The van der Waals surface area contributed by atoms with Crippen LogP contribution >= 0.6 is 0 Å². The smallest absolute Gasteiger partial charge is 0.0723 e. The van der Waals surface area contributed by atoms with Gasteiger partial charge in [-0.05, 0) is 43.2 Å². The molecule has 0 saturated carbocycles. The van der Waals surface area contributed by atoms with Gasteiger partial charge in [-0.2, -0.15) is 0 Å². The summed E-state index contributed by atoms with van der Waals surface area (Å²) in [4.78, 5) is 0. The van der Waals surface area contributed by atoms with Gasteiger partial charge in [0, 0.05) is 16.8 Å². The zero-order chi connectivity index (χ0) is 15.0. The summed E-state index contributed by atoms with van der Waals surface area (Å²) in [5, 5.41) is 0.0942. The molecule has 1 fully saturated rings. The number of rotatable bonds is 8. The molecule has 0 bridgehead atoms. The van der Waals surface area contributed by atoms with E-state index in [1.54, 1.807) is 0 Å². The lowest BCUT2D eigenvalue weighted by atomic mass is 9.97. The lowest BCUT2D eigenvalue weighted by molar-refractivity contribution is -0.0210. The highest BCUT2D eigenvalue weighted by atomic mass is 28.1. The Kier molecular flexibility index (Phi) is 6.98. The molecular formula is C19H32OSi. The Hall–Kier alpha value is -0.603. The Balaban J connectivity index is 1.76. The van der Waals surface area contributed by atoms with Gasteiger partial charge in [0.25, 0.3) is 0 Å². The SMILES string of the molecule is CCCCCCCCc1ccc(C2([SiH3])CCCCO2)cc1. The van der Waals surface area contributed by atoms with Gasteiger partial charge in [0.15, 0.2) is 0 Å². The molecule has 0 N–H and O–H groups in total. The molecule has 21 heavy (non-hydrogen) atoms. The van der Waals surface area contributed by atoms with Crippen LogP contribution in [-0.4, -0.2) is 16.8 Å². The van der Waals surface area contributed by atoms with Crippen LogP contribution in [0.25, 0.3) is 0 Å². The fraction of sp³-hybridized carbons (Fsp3) is 0.684. The van der Waals surface area contributed by atoms with E-state index in [1.807, 2.05) is 0 Å². The quantitative estimate of drug-likeness (QED) is 0.514. The van der Waals surface area contributed by atoms with Crippen LogP contribution in [0.15, 0.2) is 24.3 Å². The van der Waals surface area contributed by atoms with Crippen molar-refractivity contribution in [1.82, 2.24) is 0 Å². The molecule has 1 nitrogen and oxygen atoms in total. The van der Waals surface area contributed by atoms with E-state index in [0.29, 0.717) is 0 Å². The van der Waals surface area contributed by atoms with Gasteiger partial charge in [0.1, 0.15) is 0 Å². The van der Waals surface area contributed by atoms with Crippen molar-refractivity contribution in [3.63, 3.8) is 0 Å². The summed E-state index contributed by atoms with van der Waals surface area (Å²) in [7, 11) is 1.10. The first kappa shape index (κ1) is 16.8. The van der Waals surface area contributed by atoms with Crippen LogP contribution < -0.4 is 0 Å². The van der Waals surface area contributed by atoms with Gasteiger partial charge in [0.05, 0.1) is 5.22 Å². The number of aryl methyl sites for hydroxylation is 1. The van der Waals surface area contributed by atoms with E-state index in [9.17, 15) is 0 Å². The number of hydrogen-bond donors (Lipinski definition) is 0. The summed E-state index contributed by atoms with van der Waals surface area (Å²) in [5.74, 6) is 0. The van der Waals surface area contributed by atoms with Gasteiger partial charge >= 0.3 is 0 Å².